The van der Waals surface area contributed by atoms with E-state index in [4.69, 9.17) is 5.73 Å². The quantitative estimate of drug-likeness (QED) is 0.792. The van der Waals surface area contributed by atoms with Crippen LogP contribution in [0.25, 0.3) is 0 Å². The summed E-state index contributed by atoms with van der Waals surface area (Å²) in [4.78, 5) is 33.5. The van der Waals surface area contributed by atoms with Crippen LogP contribution in [0.1, 0.15) is 41.5 Å². The highest BCUT2D eigenvalue weighted by molar-refractivity contribution is 5.97. The largest absolute Gasteiger partial charge is 0.369 e. The number of amides is 2. The molecule has 0 spiro atoms. The molecule has 1 aliphatic carbocycles. The van der Waals surface area contributed by atoms with Gasteiger partial charge in [-0.2, -0.15) is 0 Å². The highest BCUT2D eigenvalue weighted by atomic mass is 16.2. The molecule has 0 atom stereocenters. The summed E-state index contributed by atoms with van der Waals surface area (Å²) in [6.45, 7) is 2.31. The van der Waals surface area contributed by atoms with Crippen molar-refractivity contribution in [2.75, 3.05) is 23.8 Å². The fourth-order valence-electron chi connectivity index (χ4n) is 2.62. The van der Waals surface area contributed by atoms with Gasteiger partial charge in [-0.1, -0.05) is 12.1 Å². The van der Waals surface area contributed by atoms with E-state index < -0.39 is 5.91 Å². The van der Waals surface area contributed by atoms with Crippen LogP contribution < -0.4 is 16.0 Å². The first kappa shape index (κ1) is 17.8. The maximum atomic E-state index is 11.6. The summed E-state index contributed by atoms with van der Waals surface area (Å²) < 4.78 is 0. The molecule has 1 aliphatic rings. The van der Waals surface area contributed by atoms with Crippen LogP contribution in [0.2, 0.25) is 0 Å². The Morgan fingerprint density at radius 3 is 2.77 bits per heavy atom. The zero-order valence-corrected chi connectivity index (χ0v) is 15.0. The van der Waals surface area contributed by atoms with E-state index in [1.54, 1.807) is 11.9 Å². The number of primary amides is 1. The van der Waals surface area contributed by atoms with Gasteiger partial charge in [-0.15, -0.1) is 0 Å². The van der Waals surface area contributed by atoms with Crippen LogP contribution in [0.4, 0.5) is 11.5 Å². The van der Waals surface area contributed by atoms with Crippen LogP contribution in [0.3, 0.4) is 0 Å². The summed E-state index contributed by atoms with van der Waals surface area (Å²) in [5.41, 5.74) is 7.53. The van der Waals surface area contributed by atoms with Gasteiger partial charge in [-0.05, 0) is 36.5 Å². The fraction of sp³-hybridized carbons (Fsp3) is 0.368. The molecule has 0 aliphatic heterocycles. The predicted octanol–water partition coefficient (Wildman–Crippen LogP) is 1.97. The van der Waals surface area contributed by atoms with Gasteiger partial charge in [-0.25, -0.2) is 9.97 Å². The molecule has 1 fully saturated rings. The average molecular weight is 353 g/mol. The fourth-order valence-corrected chi connectivity index (χ4v) is 2.62. The molecular weight excluding hydrogens is 330 g/mol. The van der Waals surface area contributed by atoms with Crippen molar-refractivity contribution in [2.45, 2.75) is 26.2 Å². The molecule has 136 valence electrons. The first-order valence-corrected chi connectivity index (χ1v) is 8.67. The second-order valence-corrected chi connectivity index (χ2v) is 6.66. The number of hydrogen-bond donors (Lipinski definition) is 2. The minimum atomic E-state index is -0.542. The summed E-state index contributed by atoms with van der Waals surface area (Å²) in [5, 5.41) is 3.22. The number of nitrogens with zero attached hydrogens (tertiary/aromatic N) is 3. The van der Waals surface area contributed by atoms with Crippen molar-refractivity contribution in [2.24, 2.45) is 11.7 Å². The van der Waals surface area contributed by atoms with Crippen molar-refractivity contribution in [3.8, 4) is 0 Å². The summed E-state index contributed by atoms with van der Waals surface area (Å²) in [6, 6.07) is 7.67. The topological polar surface area (TPSA) is 101 Å². The lowest BCUT2D eigenvalue weighted by molar-refractivity contribution is -0.116. The number of aromatic nitrogens is 2. The number of rotatable bonds is 7. The highest BCUT2D eigenvalue weighted by Gasteiger charge is 2.22. The van der Waals surface area contributed by atoms with Gasteiger partial charge in [0.05, 0.1) is 5.56 Å². The lowest BCUT2D eigenvalue weighted by Crippen LogP contribution is -2.22. The van der Waals surface area contributed by atoms with E-state index in [1.807, 2.05) is 24.3 Å². The molecular formula is C19H23N5O2. The normalized spacial score (nSPS) is 13.3. The monoisotopic (exact) mass is 353 g/mol. The Hall–Kier alpha value is -2.96. The van der Waals surface area contributed by atoms with Crippen molar-refractivity contribution in [1.82, 2.24) is 9.97 Å². The third-order valence-corrected chi connectivity index (χ3v) is 4.49. The van der Waals surface area contributed by atoms with Crippen molar-refractivity contribution in [3.05, 3.63) is 47.4 Å². The van der Waals surface area contributed by atoms with Crippen LogP contribution in [0, 0.1) is 5.92 Å². The number of nitrogens with one attached hydrogen (secondary N) is 1. The maximum Gasteiger partial charge on any atom is 0.254 e. The number of hydrogen-bond acceptors (Lipinski definition) is 5. The second-order valence-electron chi connectivity index (χ2n) is 6.66. The Kier molecular flexibility index (Phi) is 5.16. The standard InChI is InChI=1S/C19H23N5O2/c1-12(25)24(2)15-5-3-4-14(8-15)9-17-21-11-16(18(20)26)19(23-17)22-10-13-6-7-13/h3-5,8,11,13H,6-7,9-10H2,1-2H3,(H2,20,26)(H,21,22,23). The van der Waals surface area contributed by atoms with Crippen LogP contribution in [0.15, 0.2) is 30.5 Å². The van der Waals surface area contributed by atoms with E-state index in [-0.39, 0.29) is 5.91 Å². The molecule has 7 nitrogen and oxygen atoms in total. The molecule has 0 unspecified atom stereocenters. The van der Waals surface area contributed by atoms with Gasteiger partial charge in [0.2, 0.25) is 5.91 Å². The molecule has 0 bridgehead atoms. The molecule has 0 saturated heterocycles. The molecule has 3 N–H and O–H groups in total. The number of benzene rings is 1. The van der Waals surface area contributed by atoms with Gasteiger partial charge in [0.1, 0.15) is 11.6 Å². The Balaban J connectivity index is 1.80. The SMILES string of the molecule is CC(=O)N(C)c1cccc(Cc2ncc(C(N)=O)c(NCC3CC3)n2)c1. The number of nitrogens with two attached hydrogens (primary N) is 1. The third kappa shape index (κ3) is 4.36. The Morgan fingerprint density at radius 2 is 2.12 bits per heavy atom. The minimum absolute atomic E-state index is 0.0317. The van der Waals surface area contributed by atoms with Gasteiger partial charge in [0.15, 0.2) is 0 Å². The van der Waals surface area contributed by atoms with E-state index in [0.717, 1.165) is 17.8 Å². The highest BCUT2D eigenvalue weighted by Crippen LogP contribution is 2.29. The van der Waals surface area contributed by atoms with Gasteiger partial charge in [0, 0.05) is 38.8 Å². The van der Waals surface area contributed by atoms with E-state index in [9.17, 15) is 9.59 Å². The average Bonchev–Trinajstić information content (AvgIpc) is 3.43. The lowest BCUT2D eigenvalue weighted by atomic mass is 10.1. The molecule has 3 rings (SSSR count). The molecule has 2 aromatic rings. The summed E-state index contributed by atoms with van der Waals surface area (Å²) in [7, 11) is 1.74. The van der Waals surface area contributed by atoms with Crippen molar-refractivity contribution >= 4 is 23.3 Å². The van der Waals surface area contributed by atoms with Gasteiger partial charge >= 0.3 is 0 Å². The molecule has 2 amide bonds. The predicted molar refractivity (Wildman–Crippen MR) is 100 cm³/mol. The second kappa shape index (κ2) is 7.51. The Bertz CT molecular complexity index is 832. The number of anilines is 2. The molecule has 1 aromatic heterocycles. The van der Waals surface area contributed by atoms with Crippen molar-refractivity contribution in [1.29, 1.82) is 0 Å². The van der Waals surface area contributed by atoms with E-state index in [2.05, 4.69) is 15.3 Å². The molecule has 1 heterocycles. The summed E-state index contributed by atoms with van der Waals surface area (Å²) >= 11 is 0. The van der Waals surface area contributed by atoms with Gasteiger partial charge < -0.3 is 16.0 Å². The van der Waals surface area contributed by atoms with E-state index in [1.165, 1.54) is 26.0 Å². The van der Waals surface area contributed by atoms with Crippen molar-refractivity contribution in [3.63, 3.8) is 0 Å². The van der Waals surface area contributed by atoms with Crippen LogP contribution in [0.5, 0.6) is 0 Å². The summed E-state index contributed by atoms with van der Waals surface area (Å²) in [6.07, 6.45) is 4.38. The molecule has 1 saturated carbocycles. The van der Waals surface area contributed by atoms with E-state index in [0.29, 0.717) is 29.5 Å². The van der Waals surface area contributed by atoms with E-state index >= 15 is 0 Å². The number of carbonyl (C=O) groups is 2. The van der Waals surface area contributed by atoms with Crippen molar-refractivity contribution < 1.29 is 9.59 Å². The lowest BCUT2D eigenvalue weighted by Gasteiger charge is -2.16. The molecule has 7 heteroatoms. The Morgan fingerprint density at radius 1 is 1.35 bits per heavy atom. The Labute approximate surface area is 152 Å². The van der Waals surface area contributed by atoms with Gasteiger partial charge in [0.25, 0.3) is 5.91 Å². The third-order valence-electron chi connectivity index (χ3n) is 4.49. The molecule has 26 heavy (non-hydrogen) atoms. The molecule has 0 radical (unpaired) electrons. The minimum Gasteiger partial charge on any atom is -0.369 e. The number of carbonyl (C=O) groups excluding carboxylic acids is 2. The zero-order valence-electron chi connectivity index (χ0n) is 15.0. The van der Waals surface area contributed by atoms with Crippen LogP contribution in [-0.4, -0.2) is 35.4 Å². The van der Waals surface area contributed by atoms with Gasteiger partial charge in [-0.3, -0.25) is 9.59 Å². The van der Waals surface area contributed by atoms with Crippen LogP contribution >= 0.6 is 0 Å². The maximum absolute atomic E-state index is 11.6. The molecule has 1 aromatic carbocycles. The first-order chi connectivity index (χ1) is 12.4. The smallest absolute Gasteiger partial charge is 0.254 e. The zero-order chi connectivity index (χ0) is 18.7. The first-order valence-electron chi connectivity index (χ1n) is 8.67. The summed E-state index contributed by atoms with van der Waals surface area (Å²) in [5.74, 6) is 1.16. The van der Waals surface area contributed by atoms with Crippen LogP contribution in [-0.2, 0) is 11.2 Å².